The fourth-order valence-corrected chi connectivity index (χ4v) is 5.10. The number of fused-ring (bicyclic) bond motifs is 1. The van der Waals surface area contributed by atoms with Crippen molar-refractivity contribution in [1.29, 1.82) is 0 Å². The van der Waals surface area contributed by atoms with Gasteiger partial charge in [-0.3, -0.25) is 9.59 Å². The number of amides is 1. The summed E-state index contributed by atoms with van der Waals surface area (Å²) in [4.78, 5) is 27.5. The molecule has 1 aliphatic heterocycles. The highest BCUT2D eigenvalue weighted by Crippen LogP contribution is 2.26. The lowest BCUT2D eigenvalue weighted by molar-refractivity contribution is 0.0947. The molecule has 1 unspecified atom stereocenters. The Morgan fingerprint density at radius 3 is 2.83 bits per heavy atom. The fraction of sp³-hybridized carbons (Fsp3) is 0.625. The van der Waals surface area contributed by atoms with E-state index in [0.717, 1.165) is 18.5 Å². The summed E-state index contributed by atoms with van der Waals surface area (Å²) in [6.45, 7) is 3.00. The first-order valence-electron chi connectivity index (χ1n) is 8.35. The van der Waals surface area contributed by atoms with Crippen LogP contribution in [0.5, 0.6) is 0 Å². The number of aromatic amines is 1. The maximum absolute atomic E-state index is 12.4. The van der Waals surface area contributed by atoms with Crippen molar-refractivity contribution in [3.05, 3.63) is 22.5 Å². The molecule has 1 atom stereocenters. The van der Waals surface area contributed by atoms with Crippen LogP contribution in [-0.4, -0.2) is 55.7 Å². The van der Waals surface area contributed by atoms with Crippen LogP contribution in [0.1, 0.15) is 51.4 Å². The van der Waals surface area contributed by atoms with E-state index in [1.54, 1.807) is 6.92 Å². The minimum absolute atomic E-state index is 0.0865. The van der Waals surface area contributed by atoms with E-state index in [9.17, 15) is 18.0 Å². The topological polar surface area (TPSA) is 108 Å². The van der Waals surface area contributed by atoms with E-state index in [-0.39, 0.29) is 17.4 Å². The van der Waals surface area contributed by atoms with Crippen molar-refractivity contribution >= 4 is 21.5 Å². The Bertz CT molecular complexity index is 767. The van der Waals surface area contributed by atoms with Crippen LogP contribution in [0.4, 0.5) is 0 Å². The zero-order chi connectivity index (χ0) is 17.3. The van der Waals surface area contributed by atoms with Crippen molar-refractivity contribution in [2.75, 3.05) is 25.4 Å². The number of ketones is 1. The van der Waals surface area contributed by atoms with Crippen LogP contribution >= 0.6 is 0 Å². The third-order valence-electron chi connectivity index (χ3n) is 4.86. The molecule has 1 saturated heterocycles. The maximum atomic E-state index is 12.4. The minimum Gasteiger partial charge on any atom is -0.354 e. The summed E-state index contributed by atoms with van der Waals surface area (Å²) in [7, 11) is -3.07. The van der Waals surface area contributed by atoms with Gasteiger partial charge in [-0.2, -0.15) is 0 Å². The molecule has 8 heteroatoms. The summed E-state index contributed by atoms with van der Waals surface area (Å²) in [5, 5.41) is 5.39. The number of hydrogen-bond donors (Lipinski definition) is 3. The highest BCUT2D eigenvalue weighted by Gasteiger charge is 2.29. The number of aromatic nitrogens is 1. The zero-order valence-corrected chi connectivity index (χ0v) is 14.6. The molecule has 0 radical (unpaired) electrons. The fourth-order valence-electron chi connectivity index (χ4n) is 3.49. The van der Waals surface area contributed by atoms with Gasteiger partial charge in [0.25, 0.3) is 5.91 Å². The van der Waals surface area contributed by atoms with Gasteiger partial charge < -0.3 is 15.6 Å². The second-order valence-corrected chi connectivity index (χ2v) is 8.89. The molecule has 3 rings (SSSR count). The Hall–Kier alpha value is -1.67. The van der Waals surface area contributed by atoms with Gasteiger partial charge in [0.05, 0.1) is 11.0 Å². The van der Waals surface area contributed by atoms with E-state index in [2.05, 4.69) is 15.6 Å². The van der Waals surface area contributed by atoms with Crippen LogP contribution in [0.25, 0.3) is 0 Å². The Labute approximate surface area is 141 Å². The minimum atomic E-state index is -3.07. The van der Waals surface area contributed by atoms with Gasteiger partial charge >= 0.3 is 0 Å². The van der Waals surface area contributed by atoms with E-state index in [1.165, 1.54) is 0 Å². The number of aryl methyl sites for hydroxylation is 1. The van der Waals surface area contributed by atoms with E-state index in [1.807, 2.05) is 0 Å². The van der Waals surface area contributed by atoms with Crippen LogP contribution in [0.2, 0.25) is 0 Å². The molecule has 7 nitrogen and oxygen atoms in total. The lowest BCUT2D eigenvalue weighted by Gasteiger charge is -2.23. The van der Waals surface area contributed by atoms with E-state index in [0.29, 0.717) is 49.3 Å². The molecule has 2 heterocycles. The highest BCUT2D eigenvalue weighted by atomic mass is 32.2. The summed E-state index contributed by atoms with van der Waals surface area (Å²) in [5.74, 6) is -0.0461. The number of rotatable bonds is 4. The third kappa shape index (κ3) is 3.25. The smallest absolute Gasteiger partial charge is 0.268 e. The van der Waals surface area contributed by atoms with Gasteiger partial charge in [0, 0.05) is 37.3 Å². The molecule has 0 bridgehead atoms. The van der Waals surface area contributed by atoms with E-state index in [4.69, 9.17) is 0 Å². The monoisotopic (exact) mass is 353 g/mol. The lowest BCUT2D eigenvalue weighted by Crippen LogP contribution is -2.45. The molecular formula is C16H23N3O4S. The summed E-state index contributed by atoms with van der Waals surface area (Å²) >= 11 is 0. The van der Waals surface area contributed by atoms with Gasteiger partial charge in [-0.15, -0.1) is 0 Å². The van der Waals surface area contributed by atoms with E-state index >= 15 is 0 Å². The first-order valence-corrected chi connectivity index (χ1v) is 10.1. The number of carbonyl (C=O) groups excluding carboxylic acids is 2. The normalized spacial score (nSPS) is 22.9. The largest absolute Gasteiger partial charge is 0.354 e. The van der Waals surface area contributed by atoms with Crippen LogP contribution in [-0.2, 0) is 16.3 Å². The molecule has 1 amide bonds. The van der Waals surface area contributed by atoms with Crippen molar-refractivity contribution in [3.8, 4) is 0 Å². The number of carbonyl (C=O) groups is 2. The maximum Gasteiger partial charge on any atom is 0.268 e. The first kappa shape index (κ1) is 17.2. The summed E-state index contributed by atoms with van der Waals surface area (Å²) < 4.78 is 23.9. The van der Waals surface area contributed by atoms with E-state index < -0.39 is 15.1 Å². The summed E-state index contributed by atoms with van der Waals surface area (Å²) in [6.07, 6.45) is 2.50. The van der Waals surface area contributed by atoms with Crippen LogP contribution in [0, 0.1) is 6.92 Å². The second-order valence-electron chi connectivity index (χ2n) is 6.49. The average Bonchev–Trinajstić information content (AvgIpc) is 2.87. The molecule has 0 saturated carbocycles. The molecule has 1 fully saturated rings. The third-order valence-corrected chi connectivity index (χ3v) is 7.05. The Morgan fingerprint density at radius 1 is 1.33 bits per heavy atom. The quantitative estimate of drug-likeness (QED) is 0.724. The molecule has 24 heavy (non-hydrogen) atoms. The molecule has 0 spiro atoms. The molecule has 1 aromatic rings. The first-order chi connectivity index (χ1) is 11.4. The number of nitrogens with one attached hydrogen (secondary N) is 3. The van der Waals surface area contributed by atoms with Crippen molar-refractivity contribution < 1.29 is 18.0 Å². The lowest BCUT2D eigenvalue weighted by atomic mass is 9.94. The van der Waals surface area contributed by atoms with Crippen LogP contribution in [0.15, 0.2) is 0 Å². The van der Waals surface area contributed by atoms with Gasteiger partial charge in [0.2, 0.25) is 0 Å². The average molecular weight is 353 g/mol. The molecule has 1 aliphatic carbocycles. The Morgan fingerprint density at radius 2 is 2.12 bits per heavy atom. The molecule has 1 aromatic heterocycles. The SMILES string of the molecule is Cc1c(C(=O)NCCC2CNCCS2(=O)=O)[nH]c2c1C(=O)CCC2. The number of H-pyrrole nitrogens is 1. The van der Waals surface area contributed by atoms with Crippen LogP contribution in [0.3, 0.4) is 0 Å². The van der Waals surface area contributed by atoms with Crippen molar-refractivity contribution in [2.24, 2.45) is 0 Å². The van der Waals surface area contributed by atoms with Gasteiger partial charge in [0.1, 0.15) is 5.69 Å². The molecular weight excluding hydrogens is 330 g/mol. The summed E-state index contributed by atoms with van der Waals surface area (Å²) in [6, 6.07) is 0. The Balaban J connectivity index is 1.63. The molecule has 3 N–H and O–H groups in total. The summed E-state index contributed by atoms with van der Waals surface area (Å²) in [5.41, 5.74) is 2.61. The van der Waals surface area contributed by atoms with Gasteiger partial charge in [-0.25, -0.2) is 8.42 Å². The number of sulfone groups is 1. The standard InChI is InChI=1S/C16H23N3O4S/c1-10-14-12(3-2-4-13(14)20)19-15(10)16(21)18-6-5-11-9-17-7-8-24(11,22)23/h11,17,19H,2-9H2,1H3,(H,18,21). The predicted octanol–water partition coefficient (Wildman–Crippen LogP) is 0.349. The molecule has 132 valence electrons. The van der Waals surface area contributed by atoms with Crippen molar-refractivity contribution in [3.63, 3.8) is 0 Å². The number of Topliss-reactive ketones (excluding diaryl/α,β-unsaturated/α-hetero) is 1. The van der Waals surface area contributed by atoms with Crippen LogP contribution < -0.4 is 10.6 Å². The highest BCUT2D eigenvalue weighted by molar-refractivity contribution is 7.92. The van der Waals surface area contributed by atoms with Gasteiger partial charge in [-0.05, 0) is 31.7 Å². The van der Waals surface area contributed by atoms with Gasteiger partial charge in [-0.1, -0.05) is 0 Å². The predicted molar refractivity (Wildman–Crippen MR) is 90.2 cm³/mol. The Kier molecular flexibility index (Phi) is 4.78. The molecule has 0 aromatic carbocycles. The van der Waals surface area contributed by atoms with Crippen molar-refractivity contribution in [2.45, 2.75) is 37.9 Å². The second kappa shape index (κ2) is 6.68. The molecule has 2 aliphatic rings. The van der Waals surface area contributed by atoms with Crippen molar-refractivity contribution in [1.82, 2.24) is 15.6 Å². The zero-order valence-electron chi connectivity index (χ0n) is 13.8. The van der Waals surface area contributed by atoms with Gasteiger partial charge in [0.15, 0.2) is 15.6 Å². The number of hydrogen-bond acceptors (Lipinski definition) is 5.